The van der Waals surface area contributed by atoms with E-state index < -0.39 is 43.0 Å². The Hall–Kier alpha value is -4.34. The third-order valence-corrected chi connectivity index (χ3v) is 7.22. The lowest BCUT2D eigenvalue weighted by Crippen LogP contribution is -2.19. The summed E-state index contributed by atoms with van der Waals surface area (Å²) in [7, 11) is 0. The van der Waals surface area contributed by atoms with Crippen molar-refractivity contribution < 1.29 is 29.5 Å². The molecule has 0 bridgehead atoms. The molecule has 3 aromatic rings. The van der Waals surface area contributed by atoms with Crippen molar-refractivity contribution in [3.63, 3.8) is 0 Å². The summed E-state index contributed by atoms with van der Waals surface area (Å²) < 4.78 is 12.6. The number of hydrogen-bond acceptors (Lipinski definition) is 8. The third kappa shape index (κ3) is 6.90. The summed E-state index contributed by atoms with van der Waals surface area (Å²) in [6, 6.07) is 9.90. The van der Waals surface area contributed by atoms with Crippen LogP contribution in [0.4, 0.5) is 11.4 Å². The predicted molar refractivity (Wildman–Crippen MR) is 171 cm³/mol. The van der Waals surface area contributed by atoms with Crippen LogP contribution in [0.5, 0.6) is 34.5 Å². The molecule has 2 N–H and O–H groups in total. The number of nitro benzene ring substituents is 2. The number of rotatable bonds is 6. The van der Waals surface area contributed by atoms with E-state index in [0.717, 1.165) is 0 Å². The van der Waals surface area contributed by atoms with Crippen LogP contribution in [0.25, 0.3) is 0 Å². The zero-order chi connectivity index (χ0) is 33.7. The van der Waals surface area contributed by atoms with Gasteiger partial charge in [0.2, 0.25) is 11.5 Å². The van der Waals surface area contributed by atoms with E-state index in [-0.39, 0.29) is 34.0 Å². The first-order chi connectivity index (χ1) is 19.9. The van der Waals surface area contributed by atoms with Crippen LogP contribution in [-0.4, -0.2) is 20.1 Å². The second kappa shape index (κ2) is 11.3. The van der Waals surface area contributed by atoms with Gasteiger partial charge in [0.25, 0.3) is 0 Å². The van der Waals surface area contributed by atoms with E-state index in [9.17, 15) is 30.4 Å². The maximum absolute atomic E-state index is 12.1. The molecule has 3 rings (SSSR count). The van der Waals surface area contributed by atoms with Gasteiger partial charge in [-0.25, -0.2) is 0 Å². The number of hydrogen-bond donors (Lipinski definition) is 2. The molecule has 10 nitrogen and oxygen atoms in total. The largest absolute Gasteiger partial charge is 0.502 e. The number of benzene rings is 3. The van der Waals surface area contributed by atoms with E-state index in [4.69, 9.17) is 9.47 Å². The molecule has 0 spiro atoms. The average Bonchev–Trinajstić information content (AvgIpc) is 2.80. The number of phenols is 2. The molecule has 0 fully saturated rings. The normalized spacial score (nSPS) is 12.6. The van der Waals surface area contributed by atoms with Gasteiger partial charge in [0.15, 0.2) is 0 Å². The van der Waals surface area contributed by atoms with Gasteiger partial charge in [0.05, 0.1) is 9.85 Å². The Morgan fingerprint density at radius 2 is 0.886 bits per heavy atom. The van der Waals surface area contributed by atoms with Crippen molar-refractivity contribution in [2.45, 2.75) is 105 Å². The second-order valence-corrected chi connectivity index (χ2v) is 15.2. The van der Waals surface area contributed by atoms with Crippen molar-refractivity contribution in [2.75, 3.05) is 0 Å². The topological polar surface area (TPSA) is 145 Å². The van der Waals surface area contributed by atoms with Gasteiger partial charge in [-0.1, -0.05) is 89.2 Å². The highest BCUT2D eigenvalue weighted by Gasteiger charge is 2.38. The Balaban J connectivity index is 2.22. The van der Waals surface area contributed by atoms with Crippen LogP contribution < -0.4 is 9.47 Å². The van der Waals surface area contributed by atoms with Crippen LogP contribution in [0, 0.1) is 20.2 Å². The van der Waals surface area contributed by atoms with Gasteiger partial charge in [-0.05, 0) is 45.9 Å². The Morgan fingerprint density at radius 3 is 1.14 bits per heavy atom. The van der Waals surface area contributed by atoms with E-state index in [0.29, 0.717) is 22.6 Å². The lowest BCUT2D eigenvalue weighted by atomic mass is 9.79. The molecule has 3 aromatic carbocycles. The highest BCUT2D eigenvalue weighted by molar-refractivity contribution is 5.67. The minimum absolute atomic E-state index is 0.265. The van der Waals surface area contributed by atoms with Crippen LogP contribution >= 0.6 is 0 Å². The second-order valence-electron chi connectivity index (χ2n) is 15.2. The molecule has 0 aliphatic heterocycles. The van der Waals surface area contributed by atoms with E-state index in [2.05, 4.69) is 0 Å². The van der Waals surface area contributed by atoms with Crippen molar-refractivity contribution >= 4 is 11.4 Å². The maximum Gasteiger partial charge on any atom is 0.314 e. The fourth-order valence-electron chi connectivity index (χ4n) is 5.25. The monoisotopic (exact) mass is 608 g/mol. The molecule has 0 aliphatic rings. The van der Waals surface area contributed by atoms with Crippen LogP contribution in [0.3, 0.4) is 0 Å². The van der Waals surface area contributed by atoms with E-state index in [1.807, 2.05) is 83.1 Å². The van der Waals surface area contributed by atoms with Gasteiger partial charge in [0, 0.05) is 28.3 Å². The molecular weight excluding hydrogens is 564 g/mol. The standard InChI is InChI=1S/C34H44N2O8/c1-31(2,3)21-17-23(25(33(7,8)9)29(37)27(21)35(39)40)43-19-14-13-15-20(16-19)44-24-18-22(32(4,5)6)28(36(41)42)30(38)26(24)34(10,11)12/h13-18,37-38H,1-12H3. The molecule has 238 valence electrons. The molecule has 10 heteroatoms. The molecule has 0 saturated carbocycles. The summed E-state index contributed by atoms with van der Waals surface area (Å²) >= 11 is 0. The fraction of sp³-hybridized carbons (Fsp3) is 0.471. The molecule has 44 heavy (non-hydrogen) atoms. The minimum atomic E-state index is -0.712. The number of aromatic hydroxyl groups is 2. The number of ether oxygens (including phenoxy) is 2. The van der Waals surface area contributed by atoms with Gasteiger partial charge in [0.1, 0.15) is 23.0 Å². The molecule has 0 unspecified atom stereocenters. The van der Waals surface area contributed by atoms with Crippen molar-refractivity contribution in [3.05, 3.63) is 78.9 Å². The summed E-state index contributed by atoms with van der Waals surface area (Å²) in [5.41, 5.74) is -2.27. The molecule has 0 atom stereocenters. The van der Waals surface area contributed by atoms with Crippen LogP contribution in [0.1, 0.15) is 105 Å². The Bertz CT molecular complexity index is 1500. The highest BCUT2D eigenvalue weighted by Crippen LogP contribution is 2.51. The molecular formula is C34H44N2O8. The lowest BCUT2D eigenvalue weighted by Gasteiger charge is -2.28. The van der Waals surface area contributed by atoms with Gasteiger partial charge in [-0.2, -0.15) is 0 Å². The zero-order valence-electron chi connectivity index (χ0n) is 27.7. The lowest BCUT2D eigenvalue weighted by molar-refractivity contribution is -0.387. The summed E-state index contributed by atoms with van der Waals surface area (Å²) in [4.78, 5) is 23.0. The van der Waals surface area contributed by atoms with Crippen LogP contribution in [-0.2, 0) is 21.7 Å². The Morgan fingerprint density at radius 1 is 0.568 bits per heavy atom. The molecule has 0 saturated heterocycles. The summed E-state index contributed by atoms with van der Waals surface area (Å²) in [6.45, 7) is 21.9. The maximum atomic E-state index is 12.1. The fourth-order valence-corrected chi connectivity index (χ4v) is 5.25. The van der Waals surface area contributed by atoms with Gasteiger partial charge in [-0.15, -0.1) is 0 Å². The predicted octanol–water partition coefficient (Wildman–Crippen LogP) is 9.69. The van der Waals surface area contributed by atoms with E-state index in [1.54, 1.807) is 36.4 Å². The summed E-state index contributed by atoms with van der Waals surface area (Å²) in [5.74, 6) is 0.315. The van der Waals surface area contributed by atoms with Crippen LogP contribution in [0.15, 0.2) is 36.4 Å². The smallest absolute Gasteiger partial charge is 0.314 e. The Kier molecular flexibility index (Phi) is 8.77. The number of nitrogens with zero attached hydrogens (tertiary/aromatic N) is 2. The SMILES string of the molecule is CC(C)(C)c1cc(Oc2cccc(Oc3cc(C(C)(C)C)c([N+](=O)[O-])c(O)c3C(C)(C)C)c2)c(C(C)(C)C)c(O)c1[N+](=O)[O-]. The first-order valence-corrected chi connectivity index (χ1v) is 14.4. The van der Waals surface area contributed by atoms with Crippen molar-refractivity contribution in [2.24, 2.45) is 0 Å². The minimum Gasteiger partial charge on any atom is -0.502 e. The van der Waals surface area contributed by atoms with Gasteiger partial charge < -0.3 is 19.7 Å². The molecule has 0 amide bonds. The van der Waals surface area contributed by atoms with Crippen molar-refractivity contribution in [1.82, 2.24) is 0 Å². The average molecular weight is 609 g/mol. The van der Waals surface area contributed by atoms with Gasteiger partial charge >= 0.3 is 11.4 Å². The van der Waals surface area contributed by atoms with Crippen LogP contribution in [0.2, 0.25) is 0 Å². The summed E-state index contributed by atoms with van der Waals surface area (Å²) in [6.07, 6.45) is 0. The molecule has 0 aromatic heterocycles. The third-order valence-electron chi connectivity index (χ3n) is 7.22. The van der Waals surface area contributed by atoms with Crippen molar-refractivity contribution in [3.8, 4) is 34.5 Å². The Labute approximate surface area is 259 Å². The number of nitro groups is 2. The molecule has 0 aliphatic carbocycles. The molecule has 0 heterocycles. The first-order valence-electron chi connectivity index (χ1n) is 14.4. The molecule has 0 radical (unpaired) electrons. The van der Waals surface area contributed by atoms with Gasteiger partial charge in [-0.3, -0.25) is 20.2 Å². The highest BCUT2D eigenvalue weighted by atomic mass is 16.6. The van der Waals surface area contributed by atoms with E-state index in [1.165, 1.54) is 0 Å². The summed E-state index contributed by atoms with van der Waals surface area (Å²) in [5, 5.41) is 46.5. The number of phenolic OH excluding ortho intramolecular Hbond substituents is 2. The zero-order valence-corrected chi connectivity index (χ0v) is 27.7. The quantitative estimate of drug-likeness (QED) is 0.208. The van der Waals surface area contributed by atoms with E-state index >= 15 is 0 Å². The first kappa shape index (κ1) is 34.2. The van der Waals surface area contributed by atoms with Crippen molar-refractivity contribution in [1.29, 1.82) is 0 Å².